The van der Waals surface area contributed by atoms with Gasteiger partial charge in [-0.25, -0.2) is 4.98 Å². The van der Waals surface area contributed by atoms with E-state index in [1.807, 2.05) is 23.6 Å². The standard InChI is InChI=1S/C19H23N3OS/c1-14(2)10-12-22-16-7-4-3-6-15(16)21-18(22)9-11-20-19(23)17-8-5-13-24-17/h3-8,13-14H,9-12H2,1-2H3,(H,20,23). The summed E-state index contributed by atoms with van der Waals surface area (Å²) in [5.74, 6) is 1.69. The van der Waals surface area contributed by atoms with Crippen LogP contribution >= 0.6 is 11.3 Å². The number of para-hydroxylation sites is 2. The Morgan fingerprint density at radius 1 is 1.25 bits per heavy atom. The van der Waals surface area contributed by atoms with Crippen LogP contribution in [0.15, 0.2) is 41.8 Å². The van der Waals surface area contributed by atoms with Crippen molar-refractivity contribution in [2.24, 2.45) is 5.92 Å². The first-order chi connectivity index (χ1) is 11.6. The number of nitrogens with zero attached hydrogens (tertiary/aromatic N) is 2. The summed E-state index contributed by atoms with van der Waals surface area (Å²) in [7, 11) is 0. The largest absolute Gasteiger partial charge is 0.351 e. The van der Waals surface area contributed by atoms with E-state index in [0.29, 0.717) is 12.5 Å². The van der Waals surface area contributed by atoms with E-state index in [4.69, 9.17) is 4.98 Å². The maximum absolute atomic E-state index is 12.0. The predicted molar refractivity (Wildman–Crippen MR) is 99.5 cm³/mol. The number of fused-ring (bicyclic) bond motifs is 1. The van der Waals surface area contributed by atoms with Crippen molar-refractivity contribution < 1.29 is 4.79 Å². The van der Waals surface area contributed by atoms with Gasteiger partial charge < -0.3 is 9.88 Å². The number of carbonyl (C=O) groups is 1. The van der Waals surface area contributed by atoms with Crippen LogP contribution in [0, 0.1) is 5.92 Å². The third kappa shape index (κ3) is 3.85. The molecule has 0 saturated carbocycles. The summed E-state index contributed by atoms with van der Waals surface area (Å²) in [5, 5.41) is 4.91. The molecule has 0 aliphatic carbocycles. The van der Waals surface area contributed by atoms with Gasteiger partial charge >= 0.3 is 0 Å². The molecule has 1 amide bonds. The molecule has 0 unspecified atom stereocenters. The van der Waals surface area contributed by atoms with Crippen molar-refractivity contribution in [3.63, 3.8) is 0 Å². The third-order valence-electron chi connectivity index (χ3n) is 4.04. The number of benzene rings is 1. The first-order valence-electron chi connectivity index (χ1n) is 8.41. The number of hydrogen-bond donors (Lipinski definition) is 1. The van der Waals surface area contributed by atoms with Crippen LogP contribution in [-0.2, 0) is 13.0 Å². The zero-order valence-electron chi connectivity index (χ0n) is 14.2. The van der Waals surface area contributed by atoms with Gasteiger partial charge in [0.15, 0.2) is 0 Å². The van der Waals surface area contributed by atoms with Gasteiger partial charge in [-0.1, -0.05) is 32.0 Å². The molecular weight excluding hydrogens is 318 g/mol. The monoisotopic (exact) mass is 341 g/mol. The summed E-state index contributed by atoms with van der Waals surface area (Å²) in [6.45, 7) is 6.04. The van der Waals surface area contributed by atoms with Crippen LogP contribution < -0.4 is 5.32 Å². The normalized spacial score (nSPS) is 11.3. The predicted octanol–water partition coefficient (Wildman–Crippen LogP) is 4.12. The van der Waals surface area contributed by atoms with Gasteiger partial charge in [-0.3, -0.25) is 4.79 Å². The lowest BCUT2D eigenvalue weighted by molar-refractivity contribution is 0.0958. The summed E-state index contributed by atoms with van der Waals surface area (Å²) >= 11 is 1.46. The van der Waals surface area contributed by atoms with Gasteiger partial charge in [0.1, 0.15) is 5.82 Å². The second-order valence-corrected chi connectivity index (χ2v) is 7.28. The molecule has 1 aromatic carbocycles. The maximum atomic E-state index is 12.0. The summed E-state index contributed by atoms with van der Waals surface area (Å²) < 4.78 is 2.30. The highest BCUT2D eigenvalue weighted by Crippen LogP contribution is 2.18. The molecule has 5 heteroatoms. The fourth-order valence-electron chi connectivity index (χ4n) is 2.74. The topological polar surface area (TPSA) is 46.9 Å². The van der Waals surface area contributed by atoms with Gasteiger partial charge in [-0.15, -0.1) is 11.3 Å². The summed E-state index contributed by atoms with van der Waals surface area (Å²) in [4.78, 5) is 17.6. The van der Waals surface area contributed by atoms with Crippen molar-refractivity contribution in [1.82, 2.24) is 14.9 Å². The molecule has 2 heterocycles. The van der Waals surface area contributed by atoms with E-state index in [1.54, 1.807) is 0 Å². The Morgan fingerprint density at radius 2 is 2.08 bits per heavy atom. The molecule has 0 saturated heterocycles. The molecule has 0 bridgehead atoms. The Bertz CT molecular complexity index is 805. The highest BCUT2D eigenvalue weighted by Gasteiger charge is 2.12. The van der Waals surface area contributed by atoms with Crippen molar-refractivity contribution in [3.8, 4) is 0 Å². The van der Waals surface area contributed by atoms with E-state index in [-0.39, 0.29) is 5.91 Å². The second-order valence-electron chi connectivity index (χ2n) is 6.33. The van der Waals surface area contributed by atoms with Gasteiger partial charge in [0.25, 0.3) is 5.91 Å². The minimum Gasteiger partial charge on any atom is -0.351 e. The Morgan fingerprint density at radius 3 is 2.83 bits per heavy atom. The van der Waals surface area contributed by atoms with Crippen LogP contribution in [-0.4, -0.2) is 22.0 Å². The lowest BCUT2D eigenvalue weighted by atomic mass is 10.1. The SMILES string of the molecule is CC(C)CCn1c(CCNC(=O)c2cccs2)nc2ccccc21. The summed E-state index contributed by atoms with van der Waals surface area (Å²) in [6.07, 6.45) is 1.86. The van der Waals surface area contributed by atoms with Crippen molar-refractivity contribution in [1.29, 1.82) is 0 Å². The second kappa shape index (κ2) is 7.62. The minimum absolute atomic E-state index is 0.00478. The number of hydrogen-bond acceptors (Lipinski definition) is 3. The summed E-state index contributed by atoms with van der Waals surface area (Å²) in [5.41, 5.74) is 2.21. The van der Waals surface area contributed by atoms with Gasteiger partial charge in [-0.2, -0.15) is 0 Å². The number of thiophene rings is 1. The molecule has 0 fully saturated rings. The molecule has 2 aromatic heterocycles. The zero-order valence-corrected chi connectivity index (χ0v) is 15.0. The van der Waals surface area contributed by atoms with Crippen LogP contribution in [0.1, 0.15) is 35.8 Å². The lowest BCUT2D eigenvalue weighted by Gasteiger charge is -2.11. The van der Waals surface area contributed by atoms with Crippen LogP contribution in [0.2, 0.25) is 0 Å². The summed E-state index contributed by atoms with van der Waals surface area (Å²) in [6, 6.07) is 12.0. The number of carbonyl (C=O) groups excluding carboxylic acids is 1. The van der Waals surface area contributed by atoms with E-state index in [1.165, 1.54) is 16.9 Å². The quantitative estimate of drug-likeness (QED) is 0.703. The van der Waals surface area contributed by atoms with Crippen molar-refractivity contribution >= 4 is 28.3 Å². The Balaban J connectivity index is 1.71. The van der Waals surface area contributed by atoms with Crippen LogP contribution in [0.3, 0.4) is 0 Å². The minimum atomic E-state index is -0.00478. The zero-order chi connectivity index (χ0) is 16.9. The van der Waals surface area contributed by atoms with Crippen LogP contribution in [0.25, 0.3) is 11.0 Å². The molecule has 3 rings (SSSR count). The number of nitrogens with one attached hydrogen (secondary N) is 1. The molecule has 4 nitrogen and oxygen atoms in total. The van der Waals surface area contributed by atoms with Crippen LogP contribution in [0.4, 0.5) is 0 Å². The molecule has 0 spiro atoms. The molecule has 0 aliphatic rings. The number of amides is 1. The number of aromatic nitrogens is 2. The molecule has 1 N–H and O–H groups in total. The van der Waals surface area contributed by atoms with E-state index >= 15 is 0 Å². The molecule has 126 valence electrons. The number of rotatable bonds is 7. The Hall–Kier alpha value is -2.14. The fourth-order valence-corrected chi connectivity index (χ4v) is 3.38. The first-order valence-corrected chi connectivity index (χ1v) is 9.29. The molecule has 0 radical (unpaired) electrons. The smallest absolute Gasteiger partial charge is 0.261 e. The van der Waals surface area contributed by atoms with Crippen LogP contribution in [0.5, 0.6) is 0 Å². The van der Waals surface area contributed by atoms with E-state index in [0.717, 1.165) is 35.6 Å². The fraction of sp³-hybridized carbons (Fsp3) is 0.368. The van der Waals surface area contributed by atoms with Gasteiger partial charge in [0.2, 0.25) is 0 Å². The molecular formula is C19H23N3OS. The van der Waals surface area contributed by atoms with Gasteiger partial charge in [-0.05, 0) is 35.9 Å². The van der Waals surface area contributed by atoms with Crippen molar-refractivity contribution in [2.75, 3.05) is 6.54 Å². The number of imidazole rings is 1. The van der Waals surface area contributed by atoms with E-state index < -0.39 is 0 Å². The molecule has 0 aliphatic heterocycles. The molecule has 3 aromatic rings. The van der Waals surface area contributed by atoms with Gasteiger partial charge in [0, 0.05) is 19.5 Å². The average molecular weight is 341 g/mol. The Labute approximate surface area is 146 Å². The van der Waals surface area contributed by atoms with E-state index in [2.05, 4.69) is 41.9 Å². The Kier molecular flexibility index (Phi) is 5.30. The molecule has 24 heavy (non-hydrogen) atoms. The third-order valence-corrected chi connectivity index (χ3v) is 4.91. The molecule has 0 atom stereocenters. The van der Waals surface area contributed by atoms with Crippen molar-refractivity contribution in [2.45, 2.75) is 33.2 Å². The van der Waals surface area contributed by atoms with E-state index in [9.17, 15) is 4.79 Å². The highest BCUT2D eigenvalue weighted by molar-refractivity contribution is 7.12. The number of aryl methyl sites for hydroxylation is 1. The lowest BCUT2D eigenvalue weighted by Crippen LogP contribution is -2.25. The first kappa shape index (κ1) is 16.7. The van der Waals surface area contributed by atoms with Crippen molar-refractivity contribution in [3.05, 3.63) is 52.5 Å². The highest BCUT2D eigenvalue weighted by atomic mass is 32.1. The average Bonchev–Trinajstić information content (AvgIpc) is 3.20. The maximum Gasteiger partial charge on any atom is 0.261 e. The van der Waals surface area contributed by atoms with Gasteiger partial charge in [0.05, 0.1) is 15.9 Å².